The molecule has 3 heteroatoms. The summed E-state index contributed by atoms with van der Waals surface area (Å²) < 4.78 is 0. The Balaban J connectivity index is 3.02. The third-order valence-corrected chi connectivity index (χ3v) is 1.60. The van der Waals surface area contributed by atoms with E-state index >= 15 is 0 Å². The molecule has 0 amide bonds. The molecule has 0 fully saturated rings. The van der Waals surface area contributed by atoms with Crippen LogP contribution >= 0.6 is 0 Å². The van der Waals surface area contributed by atoms with Crippen LogP contribution in [0.1, 0.15) is 18.5 Å². The summed E-state index contributed by atoms with van der Waals surface area (Å²) in [6, 6.07) is 6.89. The lowest BCUT2D eigenvalue weighted by atomic mass is 10.1. The van der Waals surface area contributed by atoms with Crippen LogP contribution in [0.25, 0.3) is 0 Å². The van der Waals surface area contributed by atoms with E-state index in [4.69, 9.17) is 5.73 Å². The van der Waals surface area contributed by atoms with Crippen LogP contribution in [-0.4, -0.2) is 0 Å². The molecule has 0 aliphatic carbocycles. The summed E-state index contributed by atoms with van der Waals surface area (Å²) in [6.07, 6.45) is 0. The standard InChI is InChI=1S/C8H10N2O/c1-6(10-11)7-4-2-3-5-8(7)9/h2-6H,9H2,1H3. The topological polar surface area (TPSA) is 55.5 Å². The normalized spacial score (nSPS) is 12.5. The summed E-state index contributed by atoms with van der Waals surface area (Å²) in [5.74, 6) is 0. The van der Waals surface area contributed by atoms with Crippen molar-refractivity contribution in [3.63, 3.8) is 0 Å². The highest BCUT2D eigenvalue weighted by atomic mass is 16.3. The number of anilines is 1. The molecule has 2 N–H and O–H groups in total. The molecular weight excluding hydrogens is 140 g/mol. The monoisotopic (exact) mass is 150 g/mol. The van der Waals surface area contributed by atoms with Crippen LogP contribution in [0.15, 0.2) is 29.4 Å². The molecule has 0 radical (unpaired) electrons. The predicted octanol–water partition coefficient (Wildman–Crippen LogP) is 2.10. The molecule has 0 aliphatic heterocycles. The Bertz CT molecular complexity index is 260. The minimum absolute atomic E-state index is 0.351. The molecule has 3 nitrogen and oxygen atoms in total. The summed E-state index contributed by atoms with van der Waals surface area (Å²) in [7, 11) is 0. The second-order valence-corrected chi connectivity index (χ2v) is 2.41. The van der Waals surface area contributed by atoms with Crippen molar-refractivity contribution in [2.24, 2.45) is 5.18 Å². The minimum atomic E-state index is -0.351. The zero-order chi connectivity index (χ0) is 8.27. The van der Waals surface area contributed by atoms with E-state index in [0.717, 1.165) is 5.56 Å². The first kappa shape index (κ1) is 7.72. The molecule has 1 aromatic carbocycles. The third kappa shape index (κ3) is 1.55. The number of nitrogens with zero attached hydrogens (tertiary/aromatic N) is 1. The van der Waals surface area contributed by atoms with Gasteiger partial charge in [-0.1, -0.05) is 23.4 Å². The second-order valence-electron chi connectivity index (χ2n) is 2.41. The van der Waals surface area contributed by atoms with E-state index < -0.39 is 0 Å². The number of nitrogen functional groups attached to an aromatic ring is 1. The van der Waals surface area contributed by atoms with Gasteiger partial charge in [-0.15, -0.1) is 0 Å². The lowest BCUT2D eigenvalue weighted by Gasteiger charge is -2.04. The van der Waals surface area contributed by atoms with Gasteiger partial charge in [0, 0.05) is 11.3 Å². The van der Waals surface area contributed by atoms with Crippen molar-refractivity contribution in [3.8, 4) is 0 Å². The molecule has 0 aromatic heterocycles. The fraction of sp³-hybridized carbons (Fsp3) is 0.250. The van der Waals surface area contributed by atoms with E-state index in [1.807, 2.05) is 12.1 Å². The van der Waals surface area contributed by atoms with Gasteiger partial charge in [0.25, 0.3) is 0 Å². The quantitative estimate of drug-likeness (QED) is 0.518. The van der Waals surface area contributed by atoms with Gasteiger partial charge in [-0.3, -0.25) is 0 Å². The van der Waals surface area contributed by atoms with Gasteiger partial charge in [0.2, 0.25) is 0 Å². The maximum atomic E-state index is 10.2. The van der Waals surface area contributed by atoms with E-state index in [1.54, 1.807) is 19.1 Å². The van der Waals surface area contributed by atoms with Crippen LogP contribution in [0.2, 0.25) is 0 Å². The van der Waals surface area contributed by atoms with Crippen LogP contribution in [0.5, 0.6) is 0 Å². The molecule has 1 unspecified atom stereocenters. The fourth-order valence-corrected chi connectivity index (χ4v) is 0.948. The predicted molar refractivity (Wildman–Crippen MR) is 45.1 cm³/mol. The minimum Gasteiger partial charge on any atom is -0.398 e. The number of rotatable bonds is 2. The first-order chi connectivity index (χ1) is 5.25. The number of para-hydroxylation sites is 1. The molecule has 1 aromatic rings. The maximum Gasteiger partial charge on any atom is 0.116 e. The Labute approximate surface area is 65.2 Å². The highest BCUT2D eigenvalue weighted by molar-refractivity contribution is 5.47. The smallest absolute Gasteiger partial charge is 0.116 e. The molecule has 0 bridgehead atoms. The van der Waals surface area contributed by atoms with Gasteiger partial charge in [-0.2, -0.15) is 4.91 Å². The van der Waals surface area contributed by atoms with Crippen molar-refractivity contribution in [2.75, 3.05) is 5.73 Å². The summed E-state index contributed by atoms with van der Waals surface area (Å²) in [4.78, 5) is 10.2. The molecule has 0 saturated carbocycles. The van der Waals surface area contributed by atoms with Gasteiger partial charge in [0.15, 0.2) is 0 Å². The summed E-state index contributed by atoms with van der Waals surface area (Å²) in [5, 5.41) is 2.89. The molecule has 1 rings (SSSR count). The van der Waals surface area contributed by atoms with Crippen molar-refractivity contribution >= 4 is 5.69 Å². The first-order valence-electron chi connectivity index (χ1n) is 3.42. The van der Waals surface area contributed by atoms with Crippen molar-refractivity contribution in [2.45, 2.75) is 13.0 Å². The van der Waals surface area contributed by atoms with Gasteiger partial charge in [-0.25, -0.2) is 0 Å². The van der Waals surface area contributed by atoms with Gasteiger partial charge in [-0.05, 0) is 13.0 Å². The van der Waals surface area contributed by atoms with E-state index in [9.17, 15) is 4.91 Å². The zero-order valence-corrected chi connectivity index (χ0v) is 6.32. The van der Waals surface area contributed by atoms with Crippen LogP contribution in [0.3, 0.4) is 0 Å². The van der Waals surface area contributed by atoms with Crippen LogP contribution in [0.4, 0.5) is 5.69 Å². The number of hydrogen-bond donors (Lipinski definition) is 1. The largest absolute Gasteiger partial charge is 0.398 e. The van der Waals surface area contributed by atoms with Crippen LogP contribution < -0.4 is 5.73 Å². The average molecular weight is 150 g/mol. The molecule has 0 aliphatic rings. The third-order valence-electron chi connectivity index (χ3n) is 1.60. The maximum absolute atomic E-state index is 10.2. The van der Waals surface area contributed by atoms with E-state index in [1.165, 1.54) is 0 Å². The Morgan fingerprint density at radius 2 is 2.09 bits per heavy atom. The Kier molecular flexibility index (Phi) is 2.21. The Hall–Kier alpha value is -1.38. The fourth-order valence-electron chi connectivity index (χ4n) is 0.948. The molecule has 58 valence electrons. The van der Waals surface area contributed by atoms with E-state index in [0.29, 0.717) is 5.69 Å². The molecule has 0 saturated heterocycles. The van der Waals surface area contributed by atoms with Crippen LogP contribution in [-0.2, 0) is 0 Å². The van der Waals surface area contributed by atoms with E-state index in [-0.39, 0.29) is 6.04 Å². The number of benzene rings is 1. The van der Waals surface area contributed by atoms with Crippen molar-refractivity contribution in [1.29, 1.82) is 0 Å². The molecular formula is C8H10N2O. The lowest BCUT2D eigenvalue weighted by Crippen LogP contribution is -1.95. The SMILES string of the molecule is CC(N=O)c1ccccc1N. The van der Waals surface area contributed by atoms with Gasteiger partial charge in [0.05, 0.1) is 0 Å². The highest BCUT2D eigenvalue weighted by Gasteiger charge is 2.06. The first-order valence-corrected chi connectivity index (χ1v) is 3.42. The lowest BCUT2D eigenvalue weighted by molar-refractivity contribution is 0.814. The summed E-state index contributed by atoms with van der Waals surface area (Å²) in [6.45, 7) is 1.72. The Morgan fingerprint density at radius 3 is 2.64 bits per heavy atom. The molecule has 11 heavy (non-hydrogen) atoms. The average Bonchev–Trinajstić information content (AvgIpc) is 2.04. The van der Waals surface area contributed by atoms with Crippen molar-refractivity contribution in [3.05, 3.63) is 34.7 Å². The number of nitroso groups, excluding NO2 is 1. The van der Waals surface area contributed by atoms with Crippen molar-refractivity contribution < 1.29 is 0 Å². The molecule has 0 spiro atoms. The second kappa shape index (κ2) is 3.14. The van der Waals surface area contributed by atoms with E-state index in [2.05, 4.69) is 5.18 Å². The van der Waals surface area contributed by atoms with Gasteiger partial charge in [0.1, 0.15) is 6.04 Å². The van der Waals surface area contributed by atoms with Gasteiger partial charge < -0.3 is 5.73 Å². The molecule has 0 heterocycles. The van der Waals surface area contributed by atoms with Crippen LogP contribution in [0, 0.1) is 4.91 Å². The van der Waals surface area contributed by atoms with Gasteiger partial charge >= 0.3 is 0 Å². The molecule has 1 atom stereocenters. The summed E-state index contributed by atoms with van der Waals surface area (Å²) in [5.41, 5.74) is 7.02. The van der Waals surface area contributed by atoms with Crippen molar-refractivity contribution in [1.82, 2.24) is 0 Å². The highest BCUT2D eigenvalue weighted by Crippen LogP contribution is 2.21. The number of hydrogen-bond acceptors (Lipinski definition) is 3. The summed E-state index contributed by atoms with van der Waals surface area (Å²) >= 11 is 0. The Morgan fingerprint density at radius 1 is 1.45 bits per heavy atom. The zero-order valence-electron chi connectivity index (χ0n) is 6.32. The number of nitrogens with two attached hydrogens (primary N) is 1.